The zero-order chi connectivity index (χ0) is 24.0. The number of hydrogen-bond donors (Lipinski definition) is 1. The van der Waals surface area contributed by atoms with E-state index < -0.39 is 16.0 Å². The van der Waals surface area contributed by atoms with Crippen LogP contribution >= 0.6 is 11.6 Å². The lowest BCUT2D eigenvalue weighted by molar-refractivity contribution is -0.126. The van der Waals surface area contributed by atoms with Crippen molar-refractivity contribution in [1.82, 2.24) is 9.62 Å². The molecule has 2 aromatic carbocycles. The van der Waals surface area contributed by atoms with Gasteiger partial charge in [-0.25, -0.2) is 13.2 Å². The molecule has 0 bridgehead atoms. The van der Waals surface area contributed by atoms with Crippen LogP contribution in [-0.2, 0) is 19.6 Å². The standard InChI is InChI=1S/C24H29ClN2O5S/c1-3-22(19-6-5-7-20(25)16-19)26-23(28)17-12-14-27(15-13-17)33(30,31)21-10-8-18(9-11-21)24(29)32-4-2/h5-11,16-17,22H,3-4,12-15H2,1-2H3,(H,26,28). The lowest BCUT2D eigenvalue weighted by atomic mass is 9.96. The van der Waals surface area contributed by atoms with E-state index in [1.54, 1.807) is 13.0 Å². The van der Waals surface area contributed by atoms with Crippen molar-refractivity contribution in [2.24, 2.45) is 5.92 Å². The summed E-state index contributed by atoms with van der Waals surface area (Å²) < 4.78 is 32.3. The van der Waals surface area contributed by atoms with Gasteiger partial charge in [-0.15, -0.1) is 0 Å². The van der Waals surface area contributed by atoms with E-state index >= 15 is 0 Å². The van der Waals surface area contributed by atoms with Crippen molar-refractivity contribution in [2.45, 2.75) is 44.0 Å². The molecule has 3 rings (SSSR count). The minimum Gasteiger partial charge on any atom is -0.462 e. The highest BCUT2D eigenvalue weighted by atomic mass is 35.5. The number of piperidine rings is 1. The van der Waals surface area contributed by atoms with Crippen LogP contribution in [0.25, 0.3) is 0 Å². The molecule has 1 N–H and O–H groups in total. The maximum absolute atomic E-state index is 13.0. The maximum Gasteiger partial charge on any atom is 0.338 e. The van der Waals surface area contributed by atoms with Crippen LogP contribution in [0.4, 0.5) is 0 Å². The van der Waals surface area contributed by atoms with Gasteiger partial charge in [-0.05, 0) is 68.1 Å². The van der Waals surface area contributed by atoms with Gasteiger partial charge in [-0.2, -0.15) is 4.31 Å². The van der Waals surface area contributed by atoms with Crippen molar-refractivity contribution in [3.05, 3.63) is 64.7 Å². The molecule has 0 spiro atoms. The van der Waals surface area contributed by atoms with Crippen LogP contribution in [0.3, 0.4) is 0 Å². The number of nitrogens with one attached hydrogen (secondary N) is 1. The number of esters is 1. The monoisotopic (exact) mass is 492 g/mol. The second-order valence-electron chi connectivity index (χ2n) is 7.95. The van der Waals surface area contributed by atoms with Crippen molar-refractivity contribution in [2.75, 3.05) is 19.7 Å². The summed E-state index contributed by atoms with van der Waals surface area (Å²) in [5.41, 5.74) is 1.25. The van der Waals surface area contributed by atoms with Gasteiger partial charge in [0.1, 0.15) is 0 Å². The first-order valence-electron chi connectivity index (χ1n) is 11.1. The van der Waals surface area contributed by atoms with E-state index in [0.717, 1.165) is 12.0 Å². The van der Waals surface area contributed by atoms with Gasteiger partial charge in [0.15, 0.2) is 0 Å². The van der Waals surface area contributed by atoms with Crippen molar-refractivity contribution < 1.29 is 22.7 Å². The average molecular weight is 493 g/mol. The Bertz CT molecular complexity index is 1080. The van der Waals surface area contributed by atoms with Gasteiger partial charge in [0.05, 0.1) is 23.1 Å². The van der Waals surface area contributed by atoms with Gasteiger partial charge < -0.3 is 10.1 Å². The lowest BCUT2D eigenvalue weighted by Gasteiger charge is -2.31. The van der Waals surface area contributed by atoms with Gasteiger partial charge >= 0.3 is 5.97 Å². The van der Waals surface area contributed by atoms with E-state index in [1.165, 1.54) is 28.6 Å². The molecule has 2 aromatic rings. The largest absolute Gasteiger partial charge is 0.462 e. The summed E-state index contributed by atoms with van der Waals surface area (Å²) in [6.07, 6.45) is 1.61. The number of carbonyl (C=O) groups is 2. The molecule has 1 aliphatic heterocycles. The summed E-state index contributed by atoms with van der Waals surface area (Å²) in [4.78, 5) is 24.8. The molecular weight excluding hydrogens is 464 g/mol. The van der Waals surface area contributed by atoms with E-state index in [4.69, 9.17) is 16.3 Å². The summed E-state index contributed by atoms with van der Waals surface area (Å²) in [6, 6.07) is 13.0. The van der Waals surface area contributed by atoms with E-state index in [9.17, 15) is 18.0 Å². The minimum atomic E-state index is -3.71. The molecular formula is C24H29ClN2O5S. The Labute approximate surface area is 200 Å². The zero-order valence-electron chi connectivity index (χ0n) is 18.8. The zero-order valence-corrected chi connectivity index (χ0v) is 20.4. The summed E-state index contributed by atoms with van der Waals surface area (Å²) >= 11 is 6.08. The molecule has 1 unspecified atom stereocenters. The summed E-state index contributed by atoms with van der Waals surface area (Å²) in [5, 5.41) is 3.70. The highest BCUT2D eigenvalue weighted by molar-refractivity contribution is 7.89. The Morgan fingerprint density at radius 3 is 2.36 bits per heavy atom. The third-order valence-corrected chi connectivity index (χ3v) is 7.95. The molecule has 0 aliphatic carbocycles. The Balaban J connectivity index is 1.60. The fourth-order valence-corrected chi connectivity index (χ4v) is 5.59. The highest BCUT2D eigenvalue weighted by Crippen LogP contribution is 2.26. The average Bonchev–Trinajstić information content (AvgIpc) is 2.82. The third-order valence-electron chi connectivity index (χ3n) is 5.80. The first-order chi connectivity index (χ1) is 15.8. The van der Waals surface area contributed by atoms with Crippen LogP contribution in [-0.4, -0.2) is 44.3 Å². The van der Waals surface area contributed by atoms with E-state index in [0.29, 0.717) is 23.4 Å². The Morgan fingerprint density at radius 1 is 1.12 bits per heavy atom. The quantitative estimate of drug-likeness (QED) is 0.558. The van der Waals surface area contributed by atoms with Crippen LogP contribution in [0, 0.1) is 5.92 Å². The molecule has 33 heavy (non-hydrogen) atoms. The molecule has 1 fully saturated rings. The minimum absolute atomic E-state index is 0.0716. The fraction of sp³-hybridized carbons (Fsp3) is 0.417. The molecule has 1 aliphatic rings. The van der Waals surface area contributed by atoms with Crippen molar-refractivity contribution in [3.8, 4) is 0 Å². The Kier molecular flexibility index (Phi) is 8.51. The van der Waals surface area contributed by atoms with Crippen LogP contribution in [0.15, 0.2) is 53.4 Å². The number of sulfonamides is 1. The number of carbonyl (C=O) groups excluding carboxylic acids is 2. The van der Waals surface area contributed by atoms with Crippen LogP contribution in [0.1, 0.15) is 55.1 Å². The van der Waals surface area contributed by atoms with E-state index in [1.807, 2.05) is 25.1 Å². The predicted molar refractivity (Wildman–Crippen MR) is 127 cm³/mol. The third kappa shape index (κ3) is 6.13. The predicted octanol–water partition coefficient (Wildman–Crippen LogP) is 4.18. The van der Waals surface area contributed by atoms with Gasteiger partial charge in [0, 0.05) is 24.0 Å². The SMILES string of the molecule is CCOC(=O)c1ccc(S(=O)(=O)N2CCC(C(=O)NC(CC)c3cccc(Cl)c3)CC2)cc1. The summed E-state index contributed by atoms with van der Waals surface area (Å²) in [6.45, 7) is 4.47. The van der Waals surface area contributed by atoms with E-state index in [-0.39, 0.29) is 42.5 Å². The van der Waals surface area contributed by atoms with Gasteiger partial charge in [0.2, 0.25) is 15.9 Å². The van der Waals surface area contributed by atoms with Crippen LogP contribution in [0.5, 0.6) is 0 Å². The molecule has 1 heterocycles. The smallest absolute Gasteiger partial charge is 0.338 e. The number of halogens is 1. The number of hydrogen-bond acceptors (Lipinski definition) is 5. The fourth-order valence-electron chi connectivity index (χ4n) is 3.92. The van der Waals surface area contributed by atoms with Crippen molar-refractivity contribution in [3.63, 3.8) is 0 Å². The summed E-state index contributed by atoms with van der Waals surface area (Å²) in [5.74, 6) is -0.815. The maximum atomic E-state index is 13.0. The number of amides is 1. The normalized spacial score (nSPS) is 16.2. The molecule has 9 heteroatoms. The molecule has 0 aromatic heterocycles. The summed E-state index contributed by atoms with van der Waals surface area (Å²) in [7, 11) is -3.71. The first kappa shape index (κ1) is 25.2. The van der Waals surface area contributed by atoms with Gasteiger partial charge in [-0.1, -0.05) is 30.7 Å². The Hall–Kier alpha value is -2.42. The molecule has 7 nitrogen and oxygen atoms in total. The van der Waals surface area contributed by atoms with Crippen molar-refractivity contribution in [1.29, 1.82) is 0 Å². The van der Waals surface area contributed by atoms with Crippen LogP contribution < -0.4 is 5.32 Å². The number of nitrogens with zero attached hydrogens (tertiary/aromatic N) is 1. The molecule has 1 saturated heterocycles. The first-order valence-corrected chi connectivity index (χ1v) is 12.9. The Morgan fingerprint density at radius 2 is 1.79 bits per heavy atom. The molecule has 178 valence electrons. The second-order valence-corrected chi connectivity index (χ2v) is 10.3. The van der Waals surface area contributed by atoms with E-state index in [2.05, 4.69) is 5.32 Å². The number of ether oxygens (including phenoxy) is 1. The molecule has 1 amide bonds. The van der Waals surface area contributed by atoms with Crippen LogP contribution in [0.2, 0.25) is 5.02 Å². The highest BCUT2D eigenvalue weighted by Gasteiger charge is 2.32. The van der Waals surface area contributed by atoms with Gasteiger partial charge in [-0.3, -0.25) is 4.79 Å². The topological polar surface area (TPSA) is 92.8 Å². The number of rotatable bonds is 8. The second kappa shape index (κ2) is 11.1. The lowest BCUT2D eigenvalue weighted by Crippen LogP contribution is -2.43. The van der Waals surface area contributed by atoms with Gasteiger partial charge in [0.25, 0.3) is 0 Å². The molecule has 1 atom stereocenters. The molecule has 0 radical (unpaired) electrons. The number of benzene rings is 2. The molecule has 0 saturated carbocycles. The van der Waals surface area contributed by atoms with Crippen molar-refractivity contribution >= 4 is 33.5 Å².